The third-order valence-corrected chi connectivity index (χ3v) is 3.65. The van der Waals surface area contributed by atoms with Gasteiger partial charge >= 0.3 is 0 Å². The van der Waals surface area contributed by atoms with E-state index in [9.17, 15) is 9.18 Å². The minimum atomic E-state index is -0.663. The predicted molar refractivity (Wildman–Crippen MR) is 80.2 cm³/mol. The van der Waals surface area contributed by atoms with Crippen LogP contribution >= 0.6 is 11.3 Å². The standard InChI is InChI=1S/C13H16FN5OS/c1-3-6-15-11-10(14)8(5-7-16-11)12(20)17-13-19-18-9(4-2)21-13/h5,7H,3-4,6H2,1-2H3,(H,15,16)(H,17,19,20). The molecule has 0 aliphatic rings. The summed E-state index contributed by atoms with van der Waals surface area (Å²) in [6.45, 7) is 4.49. The van der Waals surface area contributed by atoms with Crippen molar-refractivity contribution in [2.75, 3.05) is 17.2 Å². The first-order valence-corrected chi connectivity index (χ1v) is 7.49. The van der Waals surface area contributed by atoms with Crippen molar-refractivity contribution in [3.05, 3.63) is 28.7 Å². The van der Waals surface area contributed by atoms with Gasteiger partial charge in [-0.3, -0.25) is 10.1 Å². The normalized spacial score (nSPS) is 10.4. The van der Waals surface area contributed by atoms with Crippen molar-refractivity contribution < 1.29 is 9.18 Å². The van der Waals surface area contributed by atoms with Gasteiger partial charge in [0, 0.05) is 12.7 Å². The Bertz CT molecular complexity index is 631. The van der Waals surface area contributed by atoms with E-state index in [2.05, 4.69) is 25.8 Å². The quantitative estimate of drug-likeness (QED) is 0.857. The van der Waals surface area contributed by atoms with Crippen molar-refractivity contribution >= 4 is 28.2 Å². The summed E-state index contributed by atoms with van der Waals surface area (Å²) in [6.07, 6.45) is 2.97. The fourth-order valence-corrected chi connectivity index (χ4v) is 2.27. The molecule has 0 aromatic carbocycles. The van der Waals surface area contributed by atoms with Crippen LogP contribution in [0.1, 0.15) is 35.6 Å². The molecule has 0 spiro atoms. The van der Waals surface area contributed by atoms with Gasteiger partial charge in [-0.2, -0.15) is 0 Å². The Morgan fingerprint density at radius 3 is 2.86 bits per heavy atom. The summed E-state index contributed by atoms with van der Waals surface area (Å²) in [5.74, 6) is -1.15. The van der Waals surface area contributed by atoms with Crippen molar-refractivity contribution in [1.82, 2.24) is 15.2 Å². The van der Waals surface area contributed by atoms with Crippen molar-refractivity contribution in [1.29, 1.82) is 0 Å². The number of halogens is 1. The Hall–Kier alpha value is -2.09. The third-order valence-electron chi connectivity index (χ3n) is 2.67. The molecule has 0 aliphatic heterocycles. The molecule has 0 saturated heterocycles. The molecule has 2 heterocycles. The van der Waals surface area contributed by atoms with Crippen molar-refractivity contribution in [3.63, 3.8) is 0 Å². The summed E-state index contributed by atoms with van der Waals surface area (Å²) in [4.78, 5) is 16.0. The molecule has 0 atom stereocenters. The first kappa shape index (κ1) is 15.3. The fraction of sp³-hybridized carbons (Fsp3) is 0.385. The van der Waals surface area contributed by atoms with Crippen LogP contribution in [0, 0.1) is 5.82 Å². The van der Waals surface area contributed by atoms with Gasteiger partial charge in [0.25, 0.3) is 5.91 Å². The number of hydrogen-bond acceptors (Lipinski definition) is 6. The van der Waals surface area contributed by atoms with Gasteiger partial charge in [-0.25, -0.2) is 9.37 Å². The monoisotopic (exact) mass is 309 g/mol. The summed E-state index contributed by atoms with van der Waals surface area (Å²) in [5.41, 5.74) is -0.0724. The molecule has 0 fully saturated rings. The Labute approximate surface area is 125 Å². The van der Waals surface area contributed by atoms with Gasteiger partial charge in [0.1, 0.15) is 5.01 Å². The largest absolute Gasteiger partial charge is 0.368 e. The molecule has 0 unspecified atom stereocenters. The number of carbonyl (C=O) groups is 1. The highest BCUT2D eigenvalue weighted by Crippen LogP contribution is 2.19. The Morgan fingerprint density at radius 2 is 2.19 bits per heavy atom. The lowest BCUT2D eigenvalue weighted by Crippen LogP contribution is -2.16. The average Bonchev–Trinajstić information content (AvgIpc) is 2.93. The van der Waals surface area contributed by atoms with E-state index in [1.165, 1.54) is 23.6 Å². The van der Waals surface area contributed by atoms with Gasteiger partial charge in [-0.15, -0.1) is 10.2 Å². The molecule has 2 N–H and O–H groups in total. The molecule has 21 heavy (non-hydrogen) atoms. The second-order valence-corrected chi connectivity index (χ2v) is 5.32. The number of carbonyl (C=O) groups excluding carboxylic acids is 1. The van der Waals surface area contributed by atoms with E-state index < -0.39 is 11.7 Å². The van der Waals surface area contributed by atoms with E-state index in [1.807, 2.05) is 13.8 Å². The van der Waals surface area contributed by atoms with Gasteiger partial charge in [0.2, 0.25) is 5.13 Å². The van der Waals surface area contributed by atoms with Crippen molar-refractivity contribution in [3.8, 4) is 0 Å². The highest BCUT2D eigenvalue weighted by molar-refractivity contribution is 7.15. The molecule has 6 nitrogen and oxygen atoms in total. The summed E-state index contributed by atoms with van der Waals surface area (Å²) in [7, 11) is 0. The van der Waals surface area contributed by atoms with Crippen LogP contribution in [0.2, 0.25) is 0 Å². The molecule has 0 radical (unpaired) electrons. The second kappa shape index (κ2) is 7.07. The lowest BCUT2D eigenvalue weighted by atomic mass is 10.2. The predicted octanol–water partition coefficient (Wildman–Crippen LogP) is 2.71. The molecule has 0 aliphatic carbocycles. The van der Waals surface area contributed by atoms with E-state index in [1.54, 1.807) is 0 Å². The number of hydrogen-bond donors (Lipinski definition) is 2. The van der Waals surface area contributed by atoms with Crippen LogP contribution in [0.3, 0.4) is 0 Å². The summed E-state index contributed by atoms with van der Waals surface area (Å²) < 4.78 is 14.2. The van der Waals surface area contributed by atoms with Crippen molar-refractivity contribution in [2.24, 2.45) is 0 Å². The lowest BCUT2D eigenvalue weighted by Gasteiger charge is -2.08. The van der Waals surface area contributed by atoms with E-state index in [-0.39, 0.29) is 11.4 Å². The average molecular weight is 309 g/mol. The van der Waals surface area contributed by atoms with Gasteiger partial charge in [-0.05, 0) is 18.9 Å². The summed E-state index contributed by atoms with van der Waals surface area (Å²) in [6, 6.07) is 1.34. The van der Waals surface area contributed by atoms with Crippen LogP contribution < -0.4 is 10.6 Å². The number of aryl methyl sites for hydroxylation is 1. The first-order valence-electron chi connectivity index (χ1n) is 6.67. The van der Waals surface area contributed by atoms with Gasteiger partial charge in [0.05, 0.1) is 5.56 Å². The summed E-state index contributed by atoms with van der Waals surface area (Å²) in [5, 5.41) is 14.3. The van der Waals surface area contributed by atoms with Crippen LogP contribution in [-0.4, -0.2) is 27.6 Å². The zero-order chi connectivity index (χ0) is 15.2. The highest BCUT2D eigenvalue weighted by atomic mass is 32.1. The lowest BCUT2D eigenvalue weighted by molar-refractivity contribution is 0.102. The molecule has 2 rings (SSSR count). The second-order valence-electron chi connectivity index (χ2n) is 4.26. The van der Waals surface area contributed by atoms with E-state index in [0.717, 1.165) is 17.8 Å². The van der Waals surface area contributed by atoms with Gasteiger partial charge < -0.3 is 5.32 Å². The summed E-state index contributed by atoms with van der Waals surface area (Å²) >= 11 is 1.27. The fourth-order valence-electron chi connectivity index (χ4n) is 1.60. The molecular formula is C13H16FN5OS. The van der Waals surface area contributed by atoms with Gasteiger partial charge in [0.15, 0.2) is 11.6 Å². The highest BCUT2D eigenvalue weighted by Gasteiger charge is 2.17. The molecule has 8 heteroatoms. The molecular weight excluding hydrogens is 293 g/mol. The first-order chi connectivity index (χ1) is 10.2. The topological polar surface area (TPSA) is 79.8 Å². The smallest absolute Gasteiger partial charge is 0.260 e. The maximum atomic E-state index is 14.2. The van der Waals surface area contributed by atoms with E-state index in [0.29, 0.717) is 11.7 Å². The Balaban J connectivity index is 2.15. The number of anilines is 2. The molecule has 2 aromatic heterocycles. The number of amides is 1. The van der Waals surface area contributed by atoms with Crippen LogP contribution in [0.15, 0.2) is 12.3 Å². The number of rotatable bonds is 6. The third kappa shape index (κ3) is 3.72. The number of aromatic nitrogens is 3. The zero-order valence-corrected chi connectivity index (χ0v) is 12.6. The SMILES string of the molecule is CCCNc1nccc(C(=O)Nc2nnc(CC)s2)c1F. The molecule has 0 saturated carbocycles. The Morgan fingerprint density at radius 1 is 1.38 bits per heavy atom. The minimum Gasteiger partial charge on any atom is -0.368 e. The Kier molecular flexibility index (Phi) is 5.15. The van der Waals surface area contributed by atoms with Gasteiger partial charge in [-0.1, -0.05) is 25.2 Å². The van der Waals surface area contributed by atoms with E-state index >= 15 is 0 Å². The van der Waals surface area contributed by atoms with Crippen LogP contribution in [0.25, 0.3) is 0 Å². The molecule has 1 amide bonds. The zero-order valence-electron chi connectivity index (χ0n) is 11.8. The van der Waals surface area contributed by atoms with Crippen molar-refractivity contribution in [2.45, 2.75) is 26.7 Å². The molecule has 2 aromatic rings. The number of nitrogens with zero attached hydrogens (tertiary/aromatic N) is 3. The number of pyridine rings is 1. The molecule has 112 valence electrons. The maximum absolute atomic E-state index is 14.2. The van der Waals surface area contributed by atoms with E-state index in [4.69, 9.17) is 0 Å². The van der Waals surface area contributed by atoms with Crippen LogP contribution in [0.4, 0.5) is 15.3 Å². The molecule has 0 bridgehead atoms. The minimum absolute atomic E-state index is 0.0724. The van der Waals surface area contributed by atoms with Crippen LogP contribution in [0.5, 0.6) is 0 Å². The maximum Gasteiger partial charge on any atom is 0.260 e. The van der Waals surface area contributed by atoms with Crippen LogP contribution in [-0.2, 0) is 6.42 Å². The number of nitrogens with one attached hydrogen (secondary N) is 2.